The van der Waals surface area contributed by atoms with Crippen molar-refractivity contribution in [2.24, 2.45) is 0 Å². The number of rotatable bonds is 8. The van der Waals surface area contributed by atoms with Gasteiger partial charge in [0.15, 0.2) is 11.4 Å². The van der Waals surface area contributed by atoms with Crippen molar-refractivity contribution in [3.8, 4) is 17.0 Å². The third kappa shape index (κ3) is 5.00. The number of fused-ring (bicyclic) bond motifs is 2. The van der Waals surface area contributed by atoms with E-state index in [0.29, 0.717) is 22.8 Å². The molecule has 0 unspecified atom stereocenters. The molecule has 3 aromatic carbocycles. The molecule has 0 aliphatic heterocycles. The Kier molecular flexibility index (Phi) is 6.68. The van der Waals surface area contributed by atoms with Gasteiger partial charge in [-0.3, -0.25) is 4.79 Å². The van der Waals surface area contributed by atoms with E-state index >= 15 is 0 Å². The number of benzene rings is 3. The minimum absolute atomic E-state index is 0.167. The van der Waals surface area contributed by atoms with Crippen LogP contribution in [0.4, 0.5) is 5.69 Å². The number of furan rings is 1. The van der Waals surface area contributed by atoms with Gasteiger partial charge in [0.05, 0.1) is 18.5 Å². The Balaban J connectivity index is 1.15. The molecule has 0 atom stereocenters. The molecule has 6 rings (SSSR count). The summed E-state index contributed by atoms with van der Waals surface area (Å²) >= 11 is 0. The number of carbonyl (C=O) groups is 2. The van der Waals surface area contributed by atoms with Gasteiger partial charge in [-0.05, 0) is 60.2 Å². The van der Waals surface area contributed by atoms with Crippen LogP contribution >= 0.6 is 0 Å². The standard InChI is InChI=1S/C31H24N4O5/c1-2-38-31(37)26-18-33-35-27(14-15-32-29(26)35)22-8-5-9-23(16-22)34-30(36)28-13-12-25(40-28)19-39-24-11-10-20-6-3-4-7-21(20)17-24/h3-18H,2,19H2,1H3,(H,34,36). The van der Waals surface area contributed by atoms with Crippen LogP contribution in [0.15, 0.2) is 102 Å². The maximum Gasteiger partial charge on any atom is 0.343 e. The quantitative estimate of drug-likeness (QED) is 0.234. The van der Waals surface area contributed by atoms with E-state index in [1.165, 1.54) is 6.20 Å². The summed E-state index contributed by atoms with van der Waals surface area (Å²) in [6.07, 6.45) is 3.04. The van der Waals surface area contributed by atoms with E-state index in [-0.39, 0.29) is 24.5 Å². The molecule has 9 heteroatoms. The van der Waals surface area contributed by atoms with Crippen LogP contribution in [0.3, 0.4) is 0 Å². The van der Waals surface area contributed by atoms with Crippen molar-refractivity contribution in [3.63, 3.8) is 0 Å². The van der Waals surface area contributed by atoms with Gasteiger partial charge in [0.25, 0.3) is 5.91 Å². The Labute approximate surface area is 229 Å². The van der Waals surface area contributed by atoms with Crippen molar-refractivity contribution in [3.05, 3.63) is 114 Å². The molecular formula is C31H24N4O5. The monoisotopic (exact) mass is 532 g/mol. The first-order valence-corrected chi connectivity index (χ1v) is 12.7. The highest BCUT2D eigenvalue weighted by Crippen LogP contribution is 2.25. The first-order valence-electron chi connectivity index (χ1n) is 12.7. The van der Waals surface area contributed by atoms with Crippen molar-refractivity contribution in [1.82, 2.24) is 14.6 Å². The number of nitrogens with zero attached hydrogens (tertiary/aromatic N) is 3. The lowest BCUT2D eigenvalue weighted by Gasteiger charge is -2.08. The van der Waals surface area contributed by atoms with Gasteiger partial charge in [-0.2, -0.15) is 5.10 Å². The van der Waals surface area contributed by atoms with Crippen molar-refractivity contribution in [2.45, 2.75) is 13.5 Å². The molecule has 3 aromatic heterocycles. The van der Waals surface area contributed by atoms with Gasteiger partial charge in [0, 0.05) is 17.4 Å². The fourth-order valence-electron chi connectivity index (χ4n) is 4.40. The minimum Gasteiger partial charge on any atom is -0.486 e. The smallest absolute Gasteiger partial charge is 0.343 e. The van der Waals surface area contributed by atoms with Gasteiger partial charge in [-0.1, -0.05) is 42.5 Å². The van der Waals surface area contributed by atoms with Gasteiger partial charge >= 0.3 is 5.97 Å². The van der Waals surface area contributed by atoms with Crippen LogP contribution in [-0.2, 0) is 11.3 Å². The van der Waals surface area contributed by atoms with Crippen LogP contribution in [0, 0.1) is 0 Å². The second-order valence-corrected chi connectivity index (χ2v) is 8.94. The van der Waals surface area contributed by atoms with E-state index < -0.39 is 11.9 Å². The fraction of sp³-hybridized carbons (Fsp3) is 0.0968. The number of anilines is 1. The first kappa shape index (κ1) is 24.9. The SMILES string of the molecule is CCOC(=O)c1cnn2c(-c3cccc(NC(=O)c4ccc(COc5ccc6ccccc6c5)o4)c3)ccnc12. The number of carbonyl (C=O) groups excluding carboxylic acids is 2. The number of esters is 1. The molecule has 0 spiro atoms. The van der Waals surface area contributed by atoms with E-state index in [4.69, 9.17) is 13.9 Å². The van der Waals surface area contributed by atoms with Gasteiger partial charge in [-0.15, -0.1) is 0 Å². The molecule has 9 nitrogen and oxygen atoms in total. The molecule has 1 amide bonds. The summed E-state index contributed by atoms with van der Waals surface area (Å²) in [4.78, 5) is 29.5. The first-order chi connectivity index (χ1) is 19.6. The van der Waals surface area contributed by atoms with Crippen LogP contribution in [0.2, 0.25) is 0 Å². The van der Waals surface area contributed by atoms with E-state index in [2.05, 4.69) is 15.4 Å². The normalized spacial score (nSPS) is 11.0. The largest absolute Gasteiger partial charge is 0.486 e. The fourth-order valence-corrected chi connectivity index (χ4v) is 4.40. The summed E-state index contributed by atoms with van der Waals surface area (Å²) in [5, 5.41) is 9.42. The number of hydrogen-bond donors (Lipinski definition) is 1. The van der Waals surface area contributed by atoms with Crippen LogP contribution in [0.5, 0.6) is 5.75 Å². The van der Waals surface area contributed by atoms with E-state index in [9.17, 15) is 9.59 Å². The predicted molar refractivity (Wildman–Crippen MR) is 149 cm³/mol. The lowest BCUT2D eigenvalue weighted by Crippen LogP contribution is -2.11. The highest BCUT2D eigenvalue weighted by Gasteiger charge is 2.18. The predicted octanol–water partition coefficient (Wildman–Crippen LogP) is 6.15. The van der Waals surface area contributed by atoms with Crippen LogP contribution in [0.1, 0.15) is 33.6 Å². The summed E-state index contributed by atoms with van der Waals surface area (Å²) in [7, 11) is 0. The van der Waals surface area contributed by atoms with E-state index in [1.807, 2.05) is 60.7 Å². The molecular weight excluding hydrogens is 508 g/mol. The third-order valence-corrected chi connectivity index (χ3v) is 6.30. The summed E-state index contributed by atoms with van der Waals surface area (Å²) in [5.74, 6) is 0.540. The highest BCUT2D eigenvalue weighted by molar-refractivity contribution is 6.02. The molecule has 40 heavy (non-hydrogen) atoms. The summed E-state index contributed by atoms with van der Waals surface area (Å²) in [6.45, 7) is 2.19. The Morgan fingerprint density at radius 3 is 2.70 bits per heavy atom. The Bertz CT molecular complexity index is 1860. The molecule has 6 aromatic rings. The minimum atomic E-state index is -0.483. The second kappa shape index (κ2) is 10.7. The Hall–Kier alpha value is -5.44. The molecule has 1 N–H and O–H groups in total. The van der Waals surface area contributed by atoms with Gasteiger partial charge < -0.3 is 19.2 Å². The lowest BCUT2D eigenvalue weighted by molar-refractivity contribution is 0.0528. The molecule has 0 aliphatic rings. The molecule has 0 saturated heterocycles. The third-order valence-electron chi connectivity index (χ3n) is 6.30. The zero-order chi connectivity index (χ0) is 27.5. The van der Waals surface area contributed by atoms with Crippen molar-refractivity contribution < 1.29 is 23.5 Å². The number of nitrogens with one attached hydrogen (secondary N) is 1. The maximum absolute atomic E-state index is 12.9. The van der Waals surface area contributed by atoms with Crippen LogP contribution in [0.25, 0.3) is 27.7 Å². The van der Waals surface area contributed by atoms with Crippen LogP contribution < -0.4 is 10.1 Å². The molecule has 3 heterocycles. The summed E-state index contributed by atoms with van der Waals surface area (Å²) in [5.41, 5.74) is 2.71. The highest BCUT2D eigenvalue weighted by atomic mass is 16.5. The number of ether oxygens (including phenoxy) is 2. The number of amides is 1. The van der Waals surface area contributed by atoms with Gasteiger partial charge in [0.1, 0.15) is 23.7 Å². The Morgan fingerprint density at radius 1 is 0.950 bits per heavy atom. The Morgan fingerprint density at radius 2 is 1.82 bits per heavy atom. The average molecular weight is 533 g/mol. The summed E-state index contributed by atoms with van der Waals surface area (Å²) < 4.78 is 18.3. The maximum atomic E-state index is 12.9. The van der Waals surface area contributed by atoms with Crippen molar-refractivity contribution >= 4 is 34.0 Å². The molecule has 0 radical (unpaired) electrons. The zero-order valence-electron chi connectivity index (χ0n) is 21.5. The van der Waals surface area contributed by atoms with Crippen molar-refractivity contribution in [2.75, 3.05) is 11.9 Å². The molecule has 0 saturated carbocycles. The van der Waals surface area contributed by atoms with Crippen molar-refractivity contribution in [1.29, 1.82) is 0 Å². The van der Waals surface area contributed by atoms with E-state index in [1.54, 1.807) is 41.9 Å². The van der Waals surface area contributed by atoms with Gasteiger partial charge in [0.2, 0.25) is 0 Å². The van der Waals surface area contributed by atoms with E-state index in [0.717, 1.165) is 22.1 Å². The zero-order valence-corrected chi connectivity index (χ0v) is 21.5. The summed E-state index contributed by atoms with van der Waals surface area (Å²) in [6, 6.07) is 26.3. The molecule has 0 fully saturated rings. The second-order valence-electron chi connectivity index (χ2n) is 8.94. The topological polar surface area (TPSA) is 108 Å². The molecule has 198 valence electrons. The number of hydrogen-bond acceptors (Lipinski definition) is 7. The number of aromatic nitrogens is 3. The average Bonchev–Trinajstić information content (AvgIpc) is 3.64. The molecule has 0 aliphatic carbocycles. The lowest BCUT2D eigenvalue weighted by atomic mass is 10.1. The van der Waals surface area contributed by atoms with Crippen LogP contribution in [-0.4, -0.2) is 33.1 Å². The van der Waals surface area contributed by atoms with Gasteiger partial charge in [-0.25, -0.2) is 14.3 Å². The molecule has 0 bridgehead atoms.